The van der Waals surface area contributed by atoms with E-state index in [0.717, 1.165) is 31.3 Å². The molecule has 0 unspecified atom stereocenters. The molecule has 0 aliphatic heterocycles. The van der Waals surface area contributed by atoms with Crippen LogP contribution in [0.2, 0.25) is 0 Å². The van der Waals surface area contributed by atoms with E-state index >= 15 is 0 Å². The summed E-state index contributed by atoms with van der Waals surface area (Å²) in [6.07, 6.45) is 15.7. The Balaban J connectivity index is 3.62. The van der Waals surface area contributed by atoms with E-state index in [1.807, 2.05) is 19.1 Å². The van der Waals surface area contributed by atoms with Crippen molar-refractivity contribution < 1.29 is 9.53 Å². The van der Waals surface area contributed by atoms with Crippen molar-refractivity contribution in [2.45, 2.75) is 78.1 Å². The van der Waals surface area contributed by atoms with Crippen molar-refractivity contribution in [1.29, 1.82) is 0 Å². The number of carbonyl (C=O) groups excluding carboxylic acids is 1. The summed E-state index contributed by atoms with van der Waals surface area (Å²) in [6.45, 7) is 8.11. The van der Waals surface area contributed by atoms with Gasteiger partial charge in [-0.25, -0.2) is 4.79 Å². The van der Waals surface area contributed by atoms with Crippen molar-refractivity contribution in [3.05, 3.63) is 24.3 Å². The van der Waals surface area contributed by atoms with E-state index in [-0.39, 0.29) is 5.97 Å². The summed E-state index contributed by atoms with van der Waals surface area (Å²) in [6, 6.07) is 0. The van der Waals surface area contributed by atoms with E-state index in [2.05, 4.69) is 13.5 Å². The first kappa shape index (κ1) is 18.9. The lowest BCUT2D eigenvalue weighted by atomic mass is 10.0. The van der Waals surface area contributed by atoms with Gasteiger partial charge >= 0.3 is 5.97 Å². The monoisotopic (exact) mass is 280 g/mol. The van der Waals surface area contributed by atoms with E-state index in [1.54, 1.807) is 0 Å². The molecule has 2 heteroatoms. The molecule has 0 bridgehead atoms. The Bertz CT molecular complexity index is 279. The molecule has 0 spiro atoms. The number of carbonyl (C=O) groups is 1. The quantitative estimate of drug-likeness (QED) is 0.190. The zero-order valence-corrected chi connectivity index (χ0v) is 13.5. The summed E-state index contributed by atoms with van der Waals surface area (Å²) < 4.78 is 5.07. The summed E-state index contributed by atoms with van der Waals surface area (Å²) in [7, 11) is 0. The second-order valence-corrected chi connectivity index (χ2v) is 5.16. The van der Waals surface area contributed by atoms with Crippen LogP contribution < -0.4 is 0 Å². The molecule has 0 atom stereocenters. The van der Waals surface area contributed by atoms with E-state index in [4.69, 9.17) is 4.74 Å². The first-order chi connectivity index (χ1) is 9.76. The molecular formula is C18H32O2. The van der Waals surface area contributed by atoms with Gasteiger partial charge in [0.1, 0.15) is 0 Å². The van der Waals surface area contributed by atoms with Crippen LogP contribution in [0.5, 0.6) is 0 Å². The molecule has 0 N–H and O–H groups in total. The smallest absolute Gasteiger partial charge is 0.333 e. The van der Waals surface area contributed by atoms with Gasteiger partial charge in [-0.3, -0.25) is 0 Å². The highest BCUT2D eigenvalue weighted by Crippen LogP contribution is 2.14. The van der Waals surface area contributed by atoms with Crippen LogP contribution in [0.3, 0.4) is 0 Å². The van der Waals surface area contributed by atoms with E-state index in [1.165, 1.54) is 38.5 Å². The van der Waals surface area contributed by atoms with Crippen molar-refractivity contribution in [2.24, 2.45) is 0 Å². The minimum Gasteiger partial charge on any atom is -0.463 e. The van der Waals surface area contributed by atoms with Gasteiger partial charge in [0, 0.05) is 5.57 Å². The molecule has 0 rings (SSSR count). The highest BCUT2D eigenvalue weighted by Gasteiger charge is 2.08. The largest absolute Gasteiger partial charge is 0.463 e. The fourth-order valence-electron chi connectivity index (χ4n) is 2.25. The number of hydrogen-bond acceptors (Lipinski definition) is 2. The zero-order valence-electron chi connectivity index (χ0n) is 13.5. The Morgan fingerprint density at radius 3 is 2.15 bits per heavy atom. The molecule has 0 saturated carbocycles. The second kappa shape index (κ2) is 14.4. The fraction of sp³-hybridized carbons (Fsp3) is 0.722. The van der Waals surface area contributed by atoms with Crippen LogP contribution in [0.15, 0.2) is 24.3 Å². The molecule has 0 radical (unpaired) electrons. The maximum Gasteiger partial charge on any atom is 0.333 e. The Morgan fingerprint density at radius 1 is 1.00 bits per heavy atom. The Labute approximate surface area is 125 Å². The van der Waals surface area contributed by atoms with Gasteiger partial charge in [0.05, 0.1) is 6.61 Å². The first-order valence-corrected chi connectivity index (χ1v) is 8.23. The molecule has 0 aromatic rings. The van der Waals surface area contributed by atoms with Gasteiger partial charge in [-0.15, -0.1) is 6.58 Å². The summed E-state index contributed by atoms with van der Waals surface area (Å²) in [5.41, 5.74) is 0.861. The second-order valence-electron chi connectivity index (χ2n) is 5.16. The lowest BCUT2D eigenvalue weighted by molar-refractivity contribution is -0.138. The van der Waals surface area contributed by atoms with Crippen LogP contribution in [0, 0.1) is 0 Å². The molecule has 20 heavy (non-hydrogen) atoms. The average Bonchev–Trinajstić information content (AvgIpc) is 2.44. The van der Waals surface area contributed by atoms with Crippen LogP contribution in [-0.4, -0.2) is 12.6 Å². The van der Waals surface area contributed by atoms with Crippen molar-refractivity contribution in [1.82, 2.24) is 0 Å². The van der Waals surface area contributed by atoms with Crippen LogP contribution in [0.1, 0.15) is 78.1 Å². The van der Waals surface area contributed by atoms with Gasteiger partial charge in [-0.2, -0.15) is 0 Å². The summed E-state index contributed by atoms with van der Waals surface area (Å²) in [4.78, 5) is 11.7. The molecule has 0 aromatic carbocycles. The van der Waals surface area contributed by atoms with Crippen LogP contribution >= 0.6 is 0 Å². The molecule has 0 saturated heterocycles. The maximum absolute atomic E-state index is 11.7. The third-order valence-electron chi connectivity index (χ3n) is 3.34. The normalized spacial score (nSPS) is 11.4. The third-order valence-corrected chi connectivity index (χ3v) is 3.34. The van der Waals surface area contributed by atoms with Gasteiger partial charge in [0.2, 0.25) is 0 Å². The van der Waals surface area contributed by atoms with Crippen LogP contribution in [0.25, 0.3) is 0 Å². The topological polar surface area (TPSA) is 26.3 Å². The van der Waals surface area contributed by atoms with Crippen molar-refractivity contribution in [3.63, 3.8) is 0 Å². The molecule has 0 amide bonds. The fourth-order valence-corrected chi connectivity index (χ4v) is 2.25. The predicted molar refractivity (Wildman–Crippen MR) is 86.8 cm³/mol. The first-order valence-electron chi connectivity index (χ1n) is 8.23. The highest BCUT2D eigenvalue weighted by molar-refractivity contribution is 5.88. The molecule has 0 aliphatic rings. The molecule has 0 aromatic heterocycles. The highest BCUT2D eigenvalue weighted by atomic mass is 16.5. The molecular weight excluding hydrogens is 248 g/mol. The number of unbranched alkanes of at least 4 members (excludes halogenated alkanes) is 7. The average molecular weight is 280 g/mol. The number of esters is 1. The van der Waals surface area contributed by atoms with Crippen molar-refractivity contribution in [2.75, 3.05) is 6.61 Å². The molecule has 2 nitrogen and oxygen atoms in total. The number of rotatable bonds is 13. The Morgan fingerprint density at radius 2 is 1.60 bits per heavy atom. The van der Waals surface area contributed by atoms with Crippen LogP contribution in [0.4, 0.5) is 0 Å². The van der Waals surface area contributed by atoms with Crippen LogP contribution in [-0.2, 0) is 9.53 Å². The summed E-state index contributed by atoms with van der Waals surface area (Å²) in [5, 5.41) is 0. The lowest BCUT2D eigenvalue weighted by Crippen LogP contribution is -2.07. The number of hydrogen-bond donors (Lipinski definition) is 0. The van der Waals surface area contributed by atoms with Gasteiger partial charge in [-0.1, -0.05) is 51.2 Å². The minimum absolute atomic E-state index is 0.126. The molecule has 0 fully saturated rings. The summed E-state index contributed by atoms with van der Waals surface area (Å²) in [5.74, 6) is -0.126. The standard InChI is InChI=1S/C18H32O2/c1-4-7-8-9-10-11-12-13-14-16-17(15-5-2)18(19)20-6-3/h4,15H,1,5-14,16H2,2-3H3/b17-15+. The number of ether oxygens (including phenoxy) is 1. The predicted octanol–water partition coefficient (Wildman–Crippen LogP) is 5.58. The van der Waals surface area contributed by atoms with Gasteiger partial charge in [-0.05, 0) is 39.0 Å². The molecule has 116 valence electrons. The SMILES string of the molecule is C=CCCCCCCCCC/C(=C\CC)C(=O)OCC. The maximum atomic E-state index is 11.7. The van der Waals surface area contributed by atoms with Crippen molar-refractivity contribution in [3.8, 4) is 0 Å². The number of allylic oxidation sites excluding steroid dienone is 2. The third kappa shape index (κ3) is 10.8. The molecule has 0 aliphatic carbocycles. The lowest BCUT2D eigenvalue weighted by Gasteiger charge is -2.07. The van der Waals surface area contributed by atoms with Gasteiger partial charge in [0.25, 0.3) is 0 Å². The van der Waals surface area contributed by atoms with E-state index in [9.17, 15) is 4.79 Å². The Hall–Kier alpha value is -1.05. The van der Waals surface area contributed by atoms with Crippen molar-refractivity contribution >= 4 is 5.97 Å². The van der Waals surface area contributed by atoms with E-state index in [0.29, 0.717) is 6.61 Å². The van der Waals surface area contributed by atoms with E-state index < -0.39 is 0 Å². The van der Waals surface area contributed by atoms with Gasteiger partial charge < -0.3 is 4.74 Å². The zero-order chi connectivity index (χ0) is 15.1. The van der Waals surface area contributed by atoms with Gasteiger partial charge in [0.15, 0.2) is 0 Å². The summed E-state index contributed by atoms with van der Waals surface area (Å²) >= 11 is 0. The molecule has 0 heterocycles. The minimum atomic E-state index is -0.126. The Kier molecular flexibility index (Phi) is 13.6.